The van der Waals surface area contributed by atoms with Gasteiger partial charge in [-0.2, -0.15) is 0 Å². The SMILES string of the molecule is CC(=O)c1ccc(N2CCN(C(C)c3ccc4c(c3)OCC4)CC2)nc1. The van der Waals surface area contributed by atoms with Crippen LogP contribution in [0.5, 0.6) is 5.75 Å². The van der Waals surface area contributed by atoms with Gasteiger partial charge < -0.3 is 9.64 Å². The number of pyridine rings is 1. The zero-order valence-corrected chi connectivity index (χ0v) is 15.4. The highest BCUT2D eigenvalue weighted by atomic mass is 16.5. The summed E-state index contributed by atoms with van der Waals surface area (Å²) in [6, 6.07) is 10.9. The second-order valence-corrected chi connectivity index (χ2v) is 7.13. The Balaban J connectivity index is 1.39. The smallest absolute Gasteiger partial charge is 0.161 e. The van der Waals surface area contributed by atoms with E-state index < -0.39 is 0 Å². The molecular formula is C21H25N3O2. The van der Waals surface area contributed by atoms with Crippen molar-refractivity contribution in [3.63, 3.8) is 0 Å². The highest BCUT2D eigenvalue weighted by Gasteiger charge is 2.24. The number of carbonyl (C=O) groups excluding carboxylic acids is 1. The topological polar surface area (TPSA) is 45.7 Å². The monoisotopic (exact) mass is 351 g/mol. The van der Waals surface area contributed by atoms with E-state index in [1.54, 1.807) is 13.1 Å². The Kier molecular flexibility index (Phi) is 4.64. The fourth-order valence-electron chi connectivity index (χ4n) is 3.77. The van der Waals surface area contributed by atoms with Gasteiger partial charge >= 0.3 is 0 Å². The van der Waals surface area contributed by atoms with E-state index in [1.165, 1.54) is 11.1 Å². The lowest BCUT2D eigenvalue weighted by atomic mass is 10.0. The molecule has 0 N–H and O–H groups in total. The minimum Gasteiger partial charge on any atom is -0.493 e. The fourth-order valence-corrected chi connectivity index (χ4v) is 3.77. The Morgan fingerprint density at radius 3 is 2.65 bits per heavy atom. The molecule has 1 aromatic heterocycles. The summed E-state index contributed by atoms with van der Waals surface area (Å²) in [6.07, 6.45) is 2.70. The molecule has 0 bridgehead atoms. The van der Waals surface area contributed by atoms with Gasteiger partial charge in [0.2, 0.25) is 0 Å². The first-order chi connectivity index (χ1) is 12.6. The lowest BCUT2D eigenvalue weighted by Gasteiger charge is -2.38. The quantitative estimate of drug-likeness (QED) is 0.792. The number of aromatic nitrogens is 1. The molecule has 26 heavy (non-hydrogen) atoms. The van der Waals surface area contributed by atoms with Crippen molar-refractivity contribution in [3.8, 4) is 5.75 Å². The van der Waals surface area contributed by atoms with Crippen LogP contribution in [0.1, 0.15) is 41.4 Å². The third-order valence-electron chi connectivity index (χ3n) is 5.54. The van der Waals surface area contributed by atoms with Crippen molar-refractivity contribution in [2.24, 2.45) is 0 Å². The number of anilines is 1. The van der Waals surface area contributed by atoms with Gasteiger partial charge in [0.15, 0.2) is 5.78 Å². The number of carbonyl (C=O) groups is 1. The number of rotatable bonds is 4. The summed E-state index contributed by atoms with van der Waals surface area (Å²) in [4.78, 5) is 20.6. The Bertz CT molecular complexity index is 795. The summed E-state index contributed by atoms with van der Waals surface area (Å²) < 4.78 is 5.72. The molecule has 2 aliphatic rings. The normalized spacial score (nSPS) is 18.3. The Morgan fingerprint density at radius 1 is 1.15 bits per heavy atom. The summed E-state index contributed by atoms with van der Waals surface area (Å²) in [5.74, 6) is 2.07. The summed E-state index contributed by atoms with van der Waals surface area (Å²) in [5.41, 5.74) is 3.31. The molecule has 1 unspecified atom stereocenters. The van der Waals surface area contributed by atoms with Crippen LogP contribution in [0.2, 0.25) is 0 Å². The highest BCUT2D eigenvalue weighted by molar-refractivity contribution is 5.93. The van der Waals surface area contributed by atoms with Gasteiger partial charge in [0, 0.05) is 50.4 Å². The zero-order valence-electron chi connectivity index (χ0n) is 15.4. The molecule has 4 rings (SSSR count). The van der Waals surface area contributed by atoms with Gasteiger partial charge in [-0.25, -0.2) is 4.98 Å². The molecule has 5 nitrogen and oxygen atoms in total. The third-order valence-corrected chi connectivity index (χ3v) is 5.54. The molecule has 0 radical (unpaired) electrons. The minimum atomic E-state index is 0.0565. The number of benzene rings is 1. The van der Waals surface area contributed by atoms with Crippen LogP contribution in [0.4, 0.5) is 5.82 Å². The molecule has 136 valence electrons. The van der Waals surface area contributed by atoms with Crippen molar-refractivity contribution in [2.75, 3.05) is 37.7 Å². The standard InChI is InChI=1S/C21H25N3O2/c1-15(18-4-3-17-7-12-26-20(17)13-18)23-8-10-24(11-9-23)21-6-5-19(14-22-21)16(2)25/h3-6,13-15H,7-12H2,1-2H3. The van der Waals surface area contributed by atoms with Crippen LogP contribution in [-0.2, 0) is 6.42 Å². The van der Waals surface area contributed by atoms with Crippen LogP contribution < -0.4 is 9.64 Å². The first-order valence-electron chi connectivity index (χ1n) is 9.33. The maximum Gasteiger partial charge on any atom is 0.161 e. The molecule has 0 amide bonds. The molecule has 2 aliphatic heterocycles. The number of ether oxygens (including phenoxy) is 1. The Labute approximate surface area is 154 Å². The second-order valence-electron chi connectivity index (χ2n) is 7.13. The third kappa shape index (κ3) is 3.31. The molecule has 0 saturated carbocycles. The molecule has 0 aliphatic carbocycles. The molecular weight excluding hydrogens is 326 g/mol. The minimum absolute atomic E-state index is 0.0565. The van der Waals surface area contributed by atoms with Gasteiger partial charge in [-0.15, -0.1) is 0 Å². The van der Waals surface area contributed by atoms with E-state index in [1.807, 2.05) is 12.1 Å². The lowest BCUT2D eigenvalue weighted by molar-refractivity contribution is 0.101. The fraction of sp³-hybridized carbons (Fsp3) is 0.429. The molecule has 1 saturated heterocycles. The van der Waals surface area contributed by atoms with Crippen LogP contribution in [0.3, 0.4) is 0 Å². The molecule has 5 heteroatoms. The van der Waals surface area contributed by atoms with Crippen LogP contribution in [-0.4, -0.2) is 48.5 Å². The van der Waals surface area contributed by atoms with Crippen LogP contribution in [0.25, 0.3) is 0 Å². The van der Waals surface area contributed by atoms with Crippen molar-refractivity contribution >= 4 is 11.6 Å². The molecule has 1 fully saturated rings. The number of nitrogens with zero attached hydrogens (tertiary/aromatic N) is 3. The summed E-state index contributed by atoms with van der Waals surface area (Å²) in [5, 5.41) is 0. The van der Waals surface area contributed by atoms with Gasteiger partial charge in [0.25, 0.3) is 0 Å². The molecule has 3 heterocycles. The predicted octanol–water partition coefficient (Wildman–Crippen LogP) is 3.10. The number of fused-ring (bicyclic) bond motifs is 1. The molecule has 0 spiro atoms. The van der Waals surface area contributed by atoms with E-state index in [-0.39, 0.29) is 5.78 Å². The summed E-state index contributed by atoms with van der Waals surface area (Å²) in [6.45, 7) is 8.52. The van der Waals surface area contributed by atoms with E-state index in [4.69, 9.17) is 4.74 Å². The van der Waals surface area contributed by atoms with E-state index >= 15 is 0 Å². The lowest BCUT2D eigenvalue weighted by Crippen LogP contribution is -2.47. The Hall–Kier alpha value is -2.40. The van der Waals surface area contributed by atoms with E-state index in [0.717, 1.165) is 50.8 Å². The number of hydrogen-bond donors (Lipinski definition) is 0. The molecule has 2 aromatic rings. The van der Waals surface area contributed by atoms with Crippen molar-refractivity contribution in [2.45, 2.75) is 26.3 Å². The van der Waals surface area contributed by atoms with Gasteiger partial charge in [0.05, 0.1) is 6.61 Å². The number of piperazine rings is 1. The maximum absolute atomic E-state index is 11.4. The molecule has 1 aromatic carbocycles. The number of hydrogen-bond acceptors (Lipinski definition) is 5. The van der Waals surface area contributed by atoms with Gasteiger partial charge in [-0.05, 0) is 43.2 Å². The first kappa shape index (κ1) is 17.0. The highest BCUT2D eigenvalue weighted by Crippen LogP contribution is 2.31. The zero-order chi connectivity index (χ0) is 18.1. The van der Waals surface area contributed by atoms with E-state index in [9.17, 15) is 4.79 Å². The van der Waals surface area contributed by atoms with Crippen LogP contribution in [0.15, 0.2) is 36.5 Å². The van der Waals surface area contributed by atoms with E-state index in [2.05, 4.69) is 39.9 Å². The van der Waals surface area contributed by atoms with Crippen molar-refractivity contribution in [1.82, 2.24) is 9.88 Å². The number of ketones is 1. The first-order valence-corrected chi connectivity index (χ1v) is 9.33. The second kappa shape index (κ2) is 7.08. The largest absolute Gasteiger partial charge is 0.493 e. The summed E-state index contributed by atoms with van der Waals surface area (Å²) >= 11 is 0. The van der Waals surface area contributed by atoms with Crippen LogP contribution in [0, 0.1) is 0 Å². The number of Topliss-reactive ketones (excluding diaryl/α,β-unsaturated/α-hetero) is 1. The maximum atomic E-state index is 11.4. The van der Waals surface area contributed by atoms with Crippen molar-refractivity contribution < 1.29 is 9.53 Å². The average molecular weight is 351 g/mol. The van der Waals surface area contributed by atoms with E-state index in [0.29, 0.717) is 11.6 Å². The summed E-state index contributed by atoms with van der Waals surface area (Å²) in [7, 11) is 0. The predicted molar refractivity (Wildman–Crippen MR) is 102 cm³/mol. The van der Waals surface area contributed by atoms with Crippen molar-refractivity contribution in [3.05, 3.63) is 53.2 Å². The van der Waals surface area contributed by atoms with Gasteiger partial charge in [-0.1, -0.05) is 12.1 Å². The average Bonchev–Trinajstić information content (AvgIpc) is 3.15. The van der Waals surface area contributed by atoms with Gasteiger partial charge in [0.1, 0.15) is 11.6 Å². The van der Waals surface area contributed by atoms with Gasteiger partial charge in [-0.3, -0.25) is 9.69 Å². The van der Waals surface area contributed by atoms with Crippen molar-refractivity contribution in [1.29, 1.82) is 0 Å². The Morgan fingerprint density at radius 2 is 1.96 bits per heavy atom. The molecule has 1 atom stereocenters. The van der Waals surface area contributed by atoms with Crippen LogP contribution >= 0.6 is 0 Å².